The van der Waals surface area contributed by atoms with Crippen molar-refractivity contribution in [1.82, 2.24) is 4.90 Å². The van der Waals surface area contributed by atoms with E-state index in [4.69, 9.17) is 0 Å². The van der Waals surface area contributed by atoms with Gasteiger partial charge in [0.1, 0.15) is 0 Å². The zero-order valence-electron chi connectivity index (χ0n) is 8.75. The summed E-state index contributed by atoms with van der Waals surface area (Å²) >= 11 is 3.26. The first kappa shape index (κ1) is 13.4. The highest BCUT2D eigenvalue weighted by atomic mass is 79.9. The van der Waals surface area contributed by atoms with E-state index >= 15 is 0 Å². The topological polar surface area (TPSA) is 46.6 Å². The van der Waals surface area contributed by atoms with Crippen LogP contribution < -0.4 is 0 Å². The summed E-state index contributed by atoms with van der Waals surface area (Å²) in [5.74, 6) is -0.302. The molecule has 0 fully saturated rings. The molecule has 0 radical (unpaired) electrons. The lowest BCUT2D eigenvalue weighted by molar-refractivity contribution is -0.141. The van der Waals surface area contributed by atoms with Crippen LogP contribution in [-0.4, -0.2) is 42.3 Å². The lowest BCUT2D eigenvalue weighted by Gasteiger charge is -2.18. The largest absolute Gasteiger partial charge is 0.469 e. The van der Waals surface area contributed by atoms with Crippen LogP contribution in [-0.2, 0) is 14.3 Å². The first-order chi connectivity index (χ1) is 6.52. The second-order valence-corrected chi connectivity index (χ2v) is 4.07. The van der Waals surface area contributed by atoms with Gasteiger partial charge in [0, 0.05) is 13.6 Å². The molecule has 1 unspecified atom stereocenters. The van der Waals surface area contributed by atoms with Crippen LogP contribution in [0, 0.1) is 0 Å². The molecule has 0 aliphatic heterocycles. The lowest BCUT2D eigenvalue weighted by Crippen LogP contribution is -2.34. The molecule has 0 aliphatic rings. The van der Waals surface area contributed by atoms with E-state index in [2.05, 4.69) is 20.7 Å². The summed E-state index contributed by atoms with van der Waals surface area (Å²) in [5.41, 5.74) is 0. The van der Waals surface area contributed by atoms with Gasteiger partial charge in [-0.1, -0.05) is 22.9 Å². The summed E-state index contributed by atoms with van der Waals surface area (Å²) in [4.78, 5) is 23.7. The van der Waals surface area contributed by atoms with Crippen molar-refractivity contribution in [3.63, 3.8) is 0 Å². The van der Waals surface area contributed by atoms with Gasteiger partial charge in [0.2, 0.25) is 5.91 Å². The molecule has 0 aromatic carbocycles. The predicted octanol–water partition coefficient (Wildman–Crippen LogP) is 1.18. The van der Waals surface area contributed by atoms with Crippen molar-refractivity contribution in [2.24, 2.45) is 0 Å². The molecule has 1 atom stereocenters. The third-order valence-electron chi connectivity index (χ3n) is 1.88. The maximum Gasteiger partial charge on any atom is 0.307 e. The Labute approximate surface area is 92.7 Å². The van der Waals surface area contributed by atoms with Gasteiger partial charge in [0.25, 0.3) is 0 Å². The summed E-state index contributed by atoms with van der Waals surface area (Å²) in [6.45, 7) is 2.32. The van der Waals surface area contributed by atoms with E-state index < -0.39 is 0 Å². The number of halogens is 1. The van der Waals surface area contributed by atoms with Crippen LogP contribution in [0.1, 0.15) is 19.8 Å². The highest BCUT2D eigenvalue weighted by Crippen LogP contribution is 2.08. The number of ether oxygens (including phenoxy) is 1. The molecule has 0 N–H and O–H groups in total. The molecule has 0 bridgehead atoms. The normalized spacial score (nSPS) is 12.0. The molecular formula is C9H16BrNO3. The molecule has 0 heterocycles. The number of esters is 1. The standard InChI is InChI=1S/C9H16BrNO3/c1-4-7(10)9(13)11(2)6-5-8(12)14-3/h7H,4-6H2,1-3H3. The minimum absolute atomic E-state index is 0.00333. The number of rotatable bonds is 5. The summed E-state index contributed by atoms with van der Waals surface area (Å²) < 4.78 is 4.48. The Morgan fingerprint density at radius 2 is 2.07 bits per heavy atom. The van der Waals surface area contributed by atoms with Crippen molar-refractivity contribution in [2.45, 2.75) is 24.6 Å². The summed E-state index contributed by atoms with van der Waals surface area (Å²) in [5, 5.41) is 0. The molecule has 0 spiro atoms. The lowest BCUT2D eigenvalue weighted by atomic mass is 10.3. The van der Waals surface area contributed by atoms with Gasteiger partial charge in [-0.3, -0.25) is 9.59 Å². The number of carbonyl (C=O) groups is 2. The van der Waals surface area contributed by atoms with Crippen molar-refractivity contribution in [3.05, 3.63) is 0 Å². The molecule has 0 aromatic rings. The fourth-order valence-corrected chi connectivity index (χ4v) is 1.23. The fraction of sp³-hybridized carbons (Fsp3) is 0.778. The van der Waals surface area contributed by atoms with Crippen LogP contribution >= 0.6 is 15.9 Å². The van der Waals surface area contributed by atoms with Gasteiger partial charge in [0.15, 0.2) is 0 Å². The number of alkyl halides is 1. The smallest absolute Gasteiger partial charge is 0.307 e. The summed E-state index contributed by atoms with van der Waals surface area (Å²) in [7, 11) is 3.01. The average Bonchev–Trinajstić information content (AvgIpc) is 2.22. The first-order valence-electron chi connectivity index (χ1n) is 4.48. The van der Waals surface area contributed by atoms with Crippen molar-refractivity contribution in [1.29, 1.82) is 0 Å². The second-order valence-electron chi connectivity index (χ2n) is 2.96. The summed E-state index contributed by atoms with van der Waals surface area (Å²) in [6, 6.07) is 0. The number of nitrogens with zero attached hydrogens (tertiary/aromatic N) is 1. The molecule has 4 nitrogen and oxygen atoms in total. The number of carbonyl (C=O) groups excluding carboxylic acids is 2. The maximum absolute atomic E-state index is 11.5. The average molecular weight is 266 g/mol. The van der Waals surface area contributed by atoms with E-state index in [9.17, 15) is 9.59 Å². The van der Waals surface area contributed by atoms with Crippen molar-refractivity contribution < 1.29 is 14.3 Å². The minimum Gasteiger partial charge on any atom is -0.469 e. The van der Waals surface area contributed by atoms with E-state index in [-0.39, 0.29) is 23.1 Å². The van der Waals surface area contributed by atoms with Crippen LogP contribution in [0.25, 0.3) is 0 Å². The zero-order valence-corrected chi connectivity index (χ0v) is 10.3. The molecular weight excluding hydrogens is 250 g/mol. The van der Waals surface area contributed by atoms with E-state index in [1.54, 1.807) is 7.05 Å². The van der Waals surface area contributed by atoms with Crippen molar-refractivity contribution in [3.8, 4) is 0 Å². The maximum atomic E-state index is 11.5. The molecule has 14 heavy (non-hydrogen) atoms. The molecule has 0 saturated heterocycles. The minimum atomic E-state index is -0.299. The third-order valence-corrected chi connectivity index (χ3v) is 2.92. The molecule has 1 amide bonds. The molecule has 0 rings (SSSR count). The Morgan fingerprint density at radius 3 is 2.50 bits per heavy atom. The highest BCUT2D eigenvalue weighted by molar-refractivity contribution is 9.10. The molecule has 0 aliphatic carbocycles. The van der Waals surface area contributed by atoms with Crippen LogP contribution in [0.15, 0.2) is 0 Å². The first-order valence-corrected chi connectivity index (χ1v) is 5.40. The highest BCUT2D eigenvalue weighted by Gasteiger charge is 2.17. The van der Waals surface area contributed by atoms with Gasteiger partial charge in [-0.05, 0) is 6.42 Å². The summed E-state index contributed by atoms with van der Waals surface area (Å²) in [6.07, 6.45) is 0.976. The predicted molar refractivity (Wildman–Crippen MR) is 57.3 cm³/mol. The SMILES string of the molecule is CCC(Br)C(=O)N(C)CCC(=O)OC. The molecule has 5 heteroatoms. The van der Waals surface area contributed by atoms with Crippen LogP contribution in [0.4, 0.5) is 0 Å². The van der Waals surface area contributed by atoms with Gasteiger partial charge >= 0.3 is 5.97 Å². The Kier molecular flexibility index (Phi) is 6.53. The van der Waals surface area contributed by atoms with Crippen molar-refractivity contribution in [2.75, 3.05) is 20.7 Å². The van der Waals surface area contributed by atoms with E-state index in [1.807, 2.05) is 6.92 Å². The molecule has 0 aromatic heterocycles. The number of methoxy groups -OCH3 is 1. The zero-order chi connectivity index (χ0) is 11.1. The molecule has 0 saturated carbocycles. The second kappa shape index (κ2) is 6.81. The van der Waals surface area contributed by atoms with Crippen LogP contribution in [0.5, 0.6) is 0 Å². The fourth-order valence-electron chi connectivity index (χ4n) is 0.885. The van der Waals surface area contributed by atoms with E-state index in [0.717, 1.165) is 6.42 Å². The number of hydrogen-bond acceptors (Lipinski definition) is 3. The van der Waals surface area contributed by atoms with Crippen LogP contribution in [0.2, 0.25) is 0 Å². The van der Waals surface area contributed by atoms with Crippen LogP contribution in [0.3, 0.4) is 0 Å². The Bertz CT molecular complexity index is 208. The van der Waals surface area contributed by atoms with E-state index in [0.29, 0.717) is 6.54 Å². The quantitative estimate of drug-likeness (QED) is 0.554. The number of hydrogen-bond donors (Lipinski definition) is 0. The van der Waals surface area contributed by atoms with Gasteiger partial charge in [-0.2, -0.15) is 0 Å². The monoisotopic (exact) mass is 265 g/mol. The van der Waals surface area contributed by atoms with Gasteiger partial charge in [-0.15, -0.1) is 0 Å². The Morgan fingerprint density at radius 1 is 1.50 bits per heavy atom. The van der Waals surface area contributed by atoms with Gasteiger partial charge in [-0.25, -0.2) is 0 Å². The van der Waals surface area contributed by atoms with E-state index in [1.165, 1.54) is 12.0 Å². The van der Waals surface area contributed by atoms with Gasteiger partial charge in [0.05, 0.1) is 18.4 Å². The number of amides is 1. The Balaban J connectivity index is 3.90. The third kappa shape index (κ3) is 4.60. The molecule has 82 valence electrons. The Hall–Kier alpha value is -0.580. The van der Waals surface area contributed by atoms with Gasteiger partial charge < -0.3 is 9.64 Å². The van der Waals surface area contributed by atoms with Crippen molar-refractivity contribution >= 4 is 27.8 Å².